The highest BCUT2D eigenvalue weighted by molar-refractivity contribution is 9.10. The van der Waals surface area contributed by atoms with Crippen LogP contribution in [0.3, 0.4) is 0 Å². The Labute approximate surface area is 123 Å². The molecule has 0 amide bonds. The summed E-state index contributed by atoms with van der Waals surface area (Å²) in [4.78, 5) is 1.50. The van der Waals surface area contributed by atoms with E-state index in [-0.39, 0.29) is 0 Å². The molecule has 1 heterocycles. The summed E-state index contributed by atoms with van der Waals surface area (Å²) in [5, 5.41) is 5.94. The van der Waals surface area contributed by atoms with Gasteiger partial charge in [-0.25, -0.2) is 0 Å². The Morgan fingerprint density at radius 1 is 1.39 bits per heavy atom. The van der Waals surface area contributed by atoms with E-state index in [0.29, 0.717) is 6.04 Å². The van der Waals surface area contributed by atoms with Crippen LogP contribution in [0.1, 0.15) is 56.9 Å². The van der Waals surface area contributed by atoms with Crippen molar-refractivity contribution in [2.75, 3.05) is 6.54 Å². The van der Waals surface area contributed by atoms with Gasteiger partial charge in [0.15, 0.2) is 0 Å². The Kier molecular flexibility index (Phi) is 5.71. The summed E-state index contributed by atoms with van der Waals surface area (Å²) in [5.74, 6) is 1.72. The number of thiophene rings is 1. The van der Waals surface area contributed by atoms with Gasteiger partial charge in [-0.15, -0.1) is 11.3 Å². The van der Waals surface area contributed by atoms with Gasteiger partial charge in [-0.2, -0.15) is 0 Å². The van der Waals surface area contributed by atoms with Gasteiger partial charge in [0.1, 0.15) is 0 Å². The minimum absolute atomic E-state index is 0.551. The van der Waals surface area contributed by atoms with Gasteiger partial charge < -0.3 is 5.32 Å². The number of hydrogen-bond acceptors (Lipinski definition) is 2. The molecule has 1 aromatic heterocycles. The summed E-state index contributed by atoms with van der Waals surface area (Å²) >= 11 is 5.61. The van der Waals surface area contributed by atoms with Gasteiger partial charge in [0.25, 0.3) is 0 Å². The molecule has 1 nitrogen and oxygen atoms in total. The second kappa shape index (κ2) is 7.06. The van der Waals surface area contributed by atoms with Gasteiger partial charge in [-0.05, 0) is 52.2 Å². The second-order valence-corrected chi connectivity index (χ2v) is 7.09. The lowest BCUT2D eigenvalue weighted by Crippen LogP contribution is -2.34. The third-order valence-electron chi connectivity index (χ3n) is 4.27. The summed E-state index contributed by atoms with van der Waals surface area (Å²) in [5.41, 5.74) is 0. The average molecular weight is 330 g/mol. The van der Waals surface area contributed by atoms with Crippen molar-refractivity contribution in [3.8, 4) is 0 Å². The van der Waals surface area contributed by atoms with Crippen LogP contribution in [0.15, 0.2) is 15.9 Å². The molecule has 3 unspecified atom stereocenters. The third-order valence-corrected chi connectivity index (χ3v) is 6.23. The molecule has 0 spiro atoms. The van der Waals surface area contributed by atoms with Gasteiger partial charge in [0.05, 0.1) is 0 Å². The van der Waals surface area contributed by atoms with Gasteiger partial charge in [0.2, 0.25) is 0 Å². The van der Waals surface area contributed by atoms with E-state index in [4.69, 9.17) is 0 Å². The van der Waals surface area contributed by atoms with Crippen molar-refractivity contribution in [3.63, 3.8) is 0 Å². The first-order chi connectivity index (χ1) is 8.77. The molecule has 1 aromatic rings. The molecule has 3 atom stereocenters. The molecule has 1 aliphatic rings. The van der Waals surface area contributed by atoms with Crippen LogP contribution in [0.25, 0.3) is 0 Å². The lowest BCUT2D eigenvalue weighted by Gasteiger charge is -2.37. The standard InChI is InChI=1S/C15H24BrNS/c1-3-11-7-5-6-8-12(11)14(17-4-2)15-13(16)9-10-18-15/h9-12,14,17H,3-8H2,1-2H3. The summed E-state index contributed by atoms with van der Waals surface area (Å²) in [6, 6.07) is 2.74. The van der Waals surface area contributed by atoms with E-state index >= 15 is 0 Å². The SMILES string of the molecule is CCNC(c1sccc1Br)C1CCCCC1CC. The Balaban J connectivity index is 2.20. The molecule has 1 aliphatic carbocycles. The van der Waals surface area contributed by atoms with Crippen molar-refractivity contribution in [2.24, 2.45) is 11.8 Å². The topological polar surface area (TPSA) is 12.0 Å². The molecule has 2 rings (SSSR count). The molecule has 0 radical (unpaired) electrons. The Hall–Kier alpha value is 0.140. The van der Waals surface area contributed by atoms with Crippen molar-refractivity contribution in [1.29, 1.82) is 0 Å². The fourth-order valence-corrected chi connectivity index (χ4v) is 5.14. The zero-order valence-electron chi connectivity index (χ0n) is 11.4. The number of nitrogens with one attached hydrogen (secondary N) is 1. The Morgan fingerprint density at radius 3 is 2.78 bits per heavy atom. The predicted octanol–water partition coefficient (Wildman–Crippen LogP) is 5.38. The van der Waals surface area contributed by atoms with E-state index in [1.54, 1.807) is 0 Å². The molecule has 0 aliphatic heterocycles. The van der Waals surface area contributed by atoms with Crippen LogP contribution in [-0.2, 0) is 0 Å². The summed E-state index contributed by atoms with van der Waals surface area (Å²) in [6.07, 6.45) is 6.98. The van der Waals surface area contributed by atoms with Crippen molar-refractivity contribution in [3.05, 3.63) is 20.8 Å². The summed E-state index contributed by atoms with van der Waals surface area (Å²) in [6.45, 7) is 5.63. The van der Waals surface area contributed by atoms with Crippen LogP contribution >= 0.6 is 27.3 Å². The molecule has 18 heavy (non-hydrogen) atoms. The highest BCUT2D eigenvalue weighted by Gasteiger charge is 2.32. The molecule has 1 fully saturated rings. The monoisotopic (exact) mass is 329 g/mol. The first-order valence-electron chi connectivity index (χ1n) is 7.24. The average Bonchev–Trinajstić information content (AvgIpc) is 2.82. The quantitative estimate of drug-likeness (QED) is 0.764. The molecule has 0 bridgehead atoms. The minimum atomic E-state index is 0.551. The molecule has 0 saturated heterocycles. The second-order valence-electron chi connectivity index (χ2n) is 5.28. The zero-order chi connectivity index (χ0) is 13.0. The number of rotatable bonds is 5. The van der Waals surface area contributed by atoms with Crippen LogP contribution in [0.5, 0.6) is 0 Å². The van der Waals surface area contributed by atoms with Gasteiger partial charge >= 0.3 is 0 Å². The smallest absolute Gasteiger partial charge is 0.0457 e. The molecule has 0 aromatic carbocycles. The van der Waals surface area contributed by atoms with E-state index < -0.39 is 0 Å². The summed E-state index contributed by atoms with van der Waals surface area (Å²) in [7, 11) is 0. The van der Waals surface area contributed by atoms with E-state index in [0.717, 1.165) is 18.4 Å². The van der Waals surface area contributed by atoms with Crippen LogP contribution < -0.4 is 5.32 Å². The highest BCUT2D eigenvalue weighted by atomic mass is 79.9. The first-order valence-corrected chi connectivity index (χ1v) is 8.91. The fourth-order valence-electron chi connectivity index (χ4n) is 3.37. The maximum absolute atomic E-state index is 3.74. The van der Waals surface area contributed by atoms with Gasteiger partial charge in [0, 0.05) is 15.4 Å². The molecule has 1 saturated carbocycles. The van der Waals surface area contributed by atoms with Crippen molar-refractivity contribution < 1.29 is 0 Å². The first kappa shape index (κ1) is 14.5. The van der Waals surface area contributed by atoms with E-state index in [1.165, 1.54) is 41.5 Å². The van der Waals surface area contributed by atoms with Crippen molar-refractivity contribution in [1.82, 2.24) is 5.32 Å². The van der Waals surface area contributed by atoms with E-state index in [2.05, 4.69) is 46.5 Å². The summed E-state index contributed by atoms with van der Waals surface area (Å²) < 4.78 is 1.29. The van der Waals surface area contributed by atoms with Crippen LogP contribution in [-0.4, -0.2) is 6.54 Å². The molecular weight excluding hydrogens is 306 g/mol. The van der Waals surface area contributed by atoms with Crippen LogP contribution in [0.2, 0.25) is 0 Å². The molecule has 3 heteroatoms. The number of hydrogen-bond donors (Lipinski definition) is 1. The van der Waals surface area contributed by atoms with Crippen molar-refractivity contribution >= 4 is 27.3 Å². The third kappa shape index (κ3) is 3.17. The molecular formula is C15H24BrNS. The largest absolute Gasteiger partial charge is 0.309 e. The minimum Gasteiger partial charge on any atom is -0.309 e. The maximum atomic E-state index is 3.74. The van der Waals surface area contributed by atoms with Crippen LogP contribution in [0, 0.1) is 11.8 Å². The van der Waals surface area contributed by atoms with Crippen molar-refractivity contribution in [2.45, 2.75) is 52.0 Å². The number of halogens is 1. The molecule has 1 N–H and O–H groups in total. The van der Waals surface area contributed by atoms with E-state index in [9.17, 15) is 0 Å². The zero-order valence-corrected chi connectivity index (χ0v) is 13.8. The maximum Gasteiger partial charge on any atom is 0.0457 e. The normalized spacial score (nSPS) is 26.2. The van der Waals surface area contributed by atoms with Crippen LogP contribution in [0.4, 0.5) is 0 Å². The predicted molar refractivity (Wildman–Crippen MR) is 84.2 cm³/mol. The Morgan fingerprint density at radius 2 is 2.17 bits per heavy atom. The molecule has 102 valence electrons. The fraction of sp³-hybridized carbons (Fsp3) is 0.733. The lowest BCUT2D eigenvalue weighted by atomic mass is 9.73. The Bertz CT molecular complexity index is 363. The lowest BCUT2D eigenvalue weighted by molar-refractivity contribution is 0.178. The van der Waals surface area contributed by atoms with E-state index in [1.807, 2.05) is 11.3 Å². The highest BCUT2D eigenvalue weighted by Crippen LogP contribution is 2.43. The van der Waals surface area contributed by atoms with Gasteiger partial charge in [-0.3, -0.25) is 0 Å². The van der Waals surface area contributed by atoms with Gasteiger partial charge in [-0.1, -0.05) is 39.5 Å².